The molecule has 1 aromatic carbocycles. The molecule has 2 heterocycles. The van der Waals surface area contributed by atoms with Crippen LogP contribution in [0.15, 0.2) is 18.2 Å². The molecule has 1 saturated carbocycles. The van der Waals surface area contributed by atoms with E-state index in [0.29, 0.717) is 38.9 Å². The molecular formula is C21H25F3N4O3S. The second-order valence-corrected chi connectivity index (χ2v) is 11.1. The first-order valence-corrected chi connectivity index (χ1v) is 12.4. The number of alkyl halides is 3. The van der Waals surface area contributed by atoms with Gasteiger partial charge in [-0.15, -0.1) is 0 Å². The molecule has 2 saturated heterocycles. The Hall–Kier alpha value is -2.32. The molecule has 2 aliphatic heterocycles. The van der Waals surface area contributed by atoms with Crippen LogP contribution >= 0.6 is 0 Å². The van der Waals surface area contributed by atoms with Crippen LogP contribution < -0.4 is 10.2 Å². The van der Waals surface area contributed by atoms with Crippen LogP contribution in [0.4, 0.5) is 18.9 Å². The highest BCUT2D eigenvalue weighted by Crippen LogP contribution is 2.46. The molecule has 3 aliphatic rings. The summed E-state index contributed by atoms with van der Waals surface area (Å²) in [7, 11) is -3.32. The predicted octanol–water partition coefficient (Wildman–Crippen LogP) is 2.48. The van der Waals surface area contributed by atoms with Gasteiger partial charge in [0.15, 0.2) is 0 Å². The van der Waals surface area contributed by atoms with E-state index in [2.05, 4.69) is 5.32 Å². The topological polar surface area (TPSA) is 93.5 Å². The van der Waals surface area contributed by atoms with Crippen molar-refractivity contribution in [2.24, 2.45) is 5.41 Å². The number of nitrogens with one attached hydrogen (secondary N) is 1. The first-order valence-electron chi connectivity index (χ1n) is 10.6. The van der Waals surface area contributed by atoms with E-state index in [9.17, 15) is 26.4 Å². The maximum Gasteiger partial charge on any atom is 0.417 e. The third-order valence-electron chi connectivity index (χ3n) is 6.75. The zero-order chi connectivity index (χ0) is 23.3. The summed E-state index contributed by atoms with van der Waals surface area (Å²) in [5, 5.41) is 12.0. The Morgan fingerprint density at radius 2 is 1.91 bits per heavy atom. The summed E-state index contributed by atoms with van der Waals surface area (Å²) in [4.78, 5) is 14.7. The highest BCUT2D eigenvalue weighted by atomic mass is 32.2. The van der Waals surface area contributed by atoms with E-state index in [4.69, 9.17) is 5.26 Å². The molecule has 1 unspecified atom stereocenters. The number of hydrogen-bond acceptors (Lipinski definition) is 5. The maximum atomic E-state index is 13.5. The number of sulfonamides is 1. The van der Waals surface area contributed by atoms with Gasteiger partial charge < -0.3 is 10.2 Å². The van der Waals surface area contributed by atoms with Gasteiger partial charge in [0.1, 0.15) is 6.04 Å². The molecule has 1 N–H and O–H groups in total. The van der Waals surface area contributed by atoms with E-state index in [-0.39, 0.29) is 23.1 Å². The molecule has 0 aromatic heterocycles. The van der Waals surface area contributed by atoms with Crippen LogP contribution in [-0.2, 0) is 21.0 Å². The molecular weight excluding hydrogens is 445 g/mol. The smallest absolute Gasteiger partial charge is 0.359 e. The van der Waals surface area contributed by atoms with Crippen molar-refractivity contribution in [2.75, 3.05) is 30.8 Å². The number of piperidine rings is 1. The van der Waals surface area contributed by atoms with E-state index in [1.165, 1.54) is 10.4 Å². The van der Waals surface area contributed by atoms with E-state index < -0.39 is 33.4 Å². The molecule has 11 heteroatoms. The van der Waals surface area contributed by atoms with Gasteiger partial charge in [-0.25, -0.2) is 12.7 Å². The monoisotopic (exact) mass is 470 g/mol. The van der Waals surface area contributed by atoms with Gasteiger partial charge in [-0.05, 0) is 55.7 Å². The van der Waals surface area contributed by atoms with Crippen molar-refractivity contribution in [3.05, 3.63) is 29.3 Å². The Kier molecular flexibility index (Phi) is 5.66. The largest absolute Gasteiger partial charge is 0.417 e. The van der Waals surface area contributed by atoms with Crippen LogP contribution in [0.2, 0.25) is 0 Å². The highest BCUT2D eigenvalue weighted by molar-refractivity contribution is 7.88. The van der Waals surface area contributed by atoms with Crippen LogP contribution in [0.3, 0.4) is 0 Å². The van der Waals surface area contributed by atoms with Crippen LogP contribution in [0, 0.1) is 16.7 Å². The SMILES string of the molecule is CS(=O)(=O)N1CCC2(CC1)CC(C(=O)NC1CC1)N(c1ccc(C#N)c(C(F)(F)F)c1)C2. The fourth-order valence-corrected chi connectivity index (χ4v) is 5.63. The summed E-state index contributed by atoms with van der Waals surface area (Å²) in [6.45, 7) is 1.01. The number of amides is 1. The lowest BCUT2D eigenvalue weighted by atomic mass is 9.77. The number of halogens is 3. The van der Waals surface area contributed by atoms with Gasteiger partial charge in [0, 0.05) is 31.4 Å². The molecule has 1 aliphatic carbocycles. The van der Waals surface area contributed by atoms with Gasteiger partial charge in [0.25, 0.3) is 0 Å². The maximum absolute atomic E-state index is 13.5. The molecule has 0 radical (unpaired) electrons. The van der Waals surface area contributed by atoms with Gasteiger partial charge >= 0.3 is 6.18 Å². The fourth-order valence-electron chi connectivity index (χ4n) is 4.78. The van der Waals surface area contributed by atoms with Crippen molar-refractivity contribution >= 4 is 21.6 Å². The molecule has 32 heavy (non-hydrogen) atoms. The minimum Gasteiger partial charge on any atom is -0.359 e. The zero-order valence-electron chi connectivity index (χ0n) is 17.7. The molecule has 1 atom stereocenters. The van der Waals surface area contributed by atoms with Crippen molar-refractivity contribution in [2.45, 2.75) is 50.4 Å². The molecule has 7 nitrogen and oxygen atoms in total. The summed E-state index contributed by atoms with van der Waals surface area (Å²) < 4.78 is 65.8. The van der Waals surface area contributed by atoms with Gasteiger partial charge in [-0.1, -0.05) is 0 Å². The standard InChI is InChI=1S/C21H25F3N4O3S/c1-32(30,31)27-8-6-20(7-9-27)11-18(19(29)26-15-3-4-15)28(13-20)16-5-2-14(12-25)17(10-16)21(22,23)24/h2,5,10,15,18H,3-4,6-9,11,13H2,1H3,(H,26,29). The van der Waals surface area contributed by atoms with E-state index >= 15 is 0 Å². The zero-order valence-corrected chi connectivity index (χ0v) is 18.5. The van der Waals surface area contributed by atoms with Gasteiger partial charge in [-0.3, -0.25) is 4.79 Å². The number of carbonyl (C=O) groups excluding carboxylic acids is 1. The second-order valence-electron chi connectivity index (χ2n) is 9.13. The summed E-state index contributed by atoms with van der Waals surface area (Å²) in [5.41, 5.74) is -1.60. The Morgan fingerprint density at radius 3 is 2.44 bits per heavy atom. The van der Waals surface area contributed by atoms with Gasteiger partial charge in [0.2, 0.25) is 15.9 Å². The normalized spacial score (nSPS) is 23.8. The van der Waals surface area contributed by atoms with Gasteiger partial charge in [-0.2, -0.15) is 18.4 Å². The fraction of sp³-hybridized carbons (Fsp3) is 0.619. The van der Waals surface area contributed by atoms with Crippen molar-refractivity contribution in [3.63, 3.8) is 0 Å². The second kappa shape index (κ2) is 7.92. The summed E-state index contributed by atoms with van der Waals surface area (Å²) in [5.74, 6) is -0.215. The van der Waals surface area contributed by atoms with E-state index in [1.54, 1.807) is 11.0 Å². The summed E-state index contributed by atoms with van der Waals surface area (Å²) >= 11 is 0. The molecule has 1 spiro atoms. The minimum absolute atomic E-state index is 0.111. The first kappa shape index (κ1) is 22.9. The van der Waals surface area contributed by atoms with Crippen LogP contribution in [0.1, 0.15) is 43.2 Å². The highest BCUT2D eigenvalue weighted by Gasteiger charge is 2.49. The number of rotatable bonds is 4. The quantitative estimate of drug-likeness (QED) is 0.730. The lowest BCUT2D eigenvalue weighted by Crippen LogP contribution is -2.44. The number of hydrogen-bond donors (Lipinski definition) is 1. The molecule has 1 aromatic rings. The Bertz CT molecular complexity index is 1060. The van der Waals surface area contributed by atoms with Crippen LogP contribution in [-0.4, -0.2) is 56.6 Å². The molecule has 4 rings (SSSR count). The molecule has 1 amide bonds. The Morgan fingerprint density at radius 1 is 1.25 bits per heavy atom. The Labute approximate surface area is 185 Å². The number of nitrogens with zero attached hydrogens (tertiary/aromatic N) is 3. The number of anilines is 1. The lowest BCUT2D eigenvalue weighted by Gasteiger charge is -2.38. The predicted molar refractivity (Wildman–Crippen MR) is 111 cm³/mol. The average Bonchev–Trinajstić information content (AvgIpc) is 3.46. The van der Waals surface area contributed by atoms with Gasteiger partial charge in [0.05, 0.1) is 23.5 Å². The molecule has 3 fully saturated rings. The van der Waals surface area contributed by atoms with Crippen molar-refractivity contribution < 1.29 is 26.4 Å². The summed E-state index contributed by atoms with van der Waals surface area (Å²) in [6.07, 6.45) is -0.231. The van der Waals surface area contributed by atoms with E-state index in [1.807, 2.05) is 0 Å². The number of carbonyl (C=O) groups is 1. The van der Waals surface area contributed by atoms with Crippen molar-refractivity contribution in [3.8, 4) is 6.07 Å². The molecule has 174 valence electrons. The van der Waals surface area contributed by atoms with E-state index in [0.717, 1.165) is 31.2 Å². The Balaban J connectivity index is 1.65. The summed E-state index contributed by atoms with van der Waals surface area (Å²) in [6, 6.07) is 4.59. The molecule has 0 bridgehead atoms. The lowest BCUT2D eigenvalue weighted by molar-refractivity contribution is -0.137. The van der Waals surface area contributed by atoms with Crippen molar-refractivity contribution in [1.29, 1.82) is 5.26 Å². The van der Waals surface area contributed by atoms with Crippen LogP contribution in [0.25, 0.3) is 0 Å². The third-order valence-corrected chi connectivity index (χ3v) is 8.05. The van der Waals surface area contributed by atoms with Crippen LogP contribution in [0.5, 0.6) is 0 Å². The number of benzene rings is 1. The average molecular weight is 471 g/mol. The van der Waals surface area contributed by atoms with Crippen molar-refractivity contribution in [1.82, 2.24) is 9.62 Å². The minimum atomic E-state index is -4.69. The third kappa shape index (κ3) is 4.57. The number of nitriles is 1. The first-order chi connectivity index (χ1) is 14.9.